The molecule has 34 heavy (non-hydrogen) atoms. The van der Waals surface area contributed by atoms with Crippen LogP contribution >= 0.6 is 0 Å². The zero-order valence-electron chi connectivity index (χ0n) is 18.2. The minimum atomic E-state index is 0.629. The molecule has 0 bridgehead atoms. The molecule has 0 spiro atoms. The van der Waals surface area contributed by atoms with Crippen LogP contribution < -0.4 is 0 Å². The summed E-state index contributed by atoms with van der Waals surface area (Å²) in [5, 5.41) is 2.36. The lowest BCUT2D eigenvalue weighted by Crippen LogP contribution is -2.03. The zero-order chi connectivity index (χ0) is 22.5. The molecule has 3 heterocycles. The van der Waals surface area contributed by atoms with Gasteiger partial charge in [-0.15, -0.1) is 0 Å². The molecule has 0 atom stereocenters. The first-order valence-electron chi connectivity index (χ1n) is 11.3. The Morgan fingerprint density at radius 1 is 0.559 bits per heavy atom. The molecule has 160 valence electrons. The van der Waals surface area contributed by atoms with Crippen LogP contribution in [-0.4, -0.2) is 14.5 Å². The Morgan fingerprint density at radius 3 is 1.91 bits per heavy atom. The molecule has 4 nitrogen and oxygen atoms in total. The molecule has 7 aromatic rings. The molecule has 0 radical (unpaired) electrons. The first kappa shape index (κ1) is 18.8. The van der Waals surface area contributed by atoms with Crippen LogP contribution in [0, 0.1) is 0 Å². The maximum Gasteiger partial charge on any atom is 0.236 e. The smallest absolute Gasteiger partial charge is 0.236 e. The molecule has 4 heteroatoms. The van der Waals surface area contributed by atoms with Gasteiger partial charge in [0.25, 0.3) is 0 Å². The molecule has 0 fully saturated rings. The molecule has 0 amide bonds. The van der Waals surface area contributed by atoms with Crippen LogP contribution in [0.3, 0.4) is 0 Å². The van der Waals surface area contributed by atoms with E-state index in [0.717, 1.165) is 38.9 Å². The fraction of sp³-hybridized carbons (Fsp3) is 0. The summed E-state index contributed by atoms with van der Waals surface area (Å²) >= 11 is 0. The Balaban J connectivity index is 1.56. The molecule has 0 saturated carbocycles. The van der Waals surface area contributed by atoms with Gasteiger partial charge >= 0.3 is 0 Å². The lowest BCUT2D eigenvalue weighted by Gasteiger charge is -2.12. The van der Waals surface area contributed by atoms with Crippen molar-refractivity contribution in [3.05, 3.63) is 115 Å². The first-order valence-corrected chi connectivity index (χ1v) is 11.3. The van der Waals surface area contributed by atoms with Gasteiger partial charge < -0.3 is 4.42 Å². The van der Waals surface area contributed by atoms with Crippen LogP contribution in [0.4, 0.5) is 0 Å². The van der Waals surface area contributed by atoms with Crippen molar-refractivity contribution in [2.75, 3.05) is 0 Å². The van der Waals surface area contributed by atoms with Gasteiger partial charge in [-0.3, -0.25) is 4.57 Å². The number of hydrogen-bond donors (Lipinski definition) is 0. The van der Waals surface area contributed by atoms with E-state index in [2.05, 4.69) is 95.6 Å². The van der Waals surface area contributed by atoms with E-state index in [-0.39, 0.29) is 0 Å². The third-order valence-corrected chi connectivity index (χ3v) is 6.34. The Morgan fingerprint density at radius 2 is 1.18 bits per heavy atom. The van der Waals surface area contributed by atoms with E-state index in [4.69, 9.17) is 14.4 Å². The van der Waals surface area contributed by atoms with Crippen molar-refractivity contribution in [3.63, 3.8) is 0 Å². The van der Waals surface area contributed by atoms with Gasteiger partial charge in [0.05, 0.1) is 17.3 Å². The maximum absolute atomic E-state index is 5.91. The molecule has 0 aliphatic rings. The van der Waals surface area contributed by atoms with Gasteiger partial charge in [0.15, 0.2) is 5.58 Å². The van der Waals surface area contributed by atoms with Crippen LogP contribution in [0.2, 0.25) is 0 Å². The van der Waals surface area contributed by atoms with Crippen molar-refractivity contribution >= 4 is 32.9 Å². The normalized spacial score (nSPS) is 11.5. The lowest BCUT2D eigenvalue weighted by atomic mass is 9.97. The van der Waals surface area contributed by atoms with Gasteiger partial charge in [-0.05, 0) is 23.3 Å². The van der Waals surface area contributed by atoms with E-state index in [1.54, 1.807) is 6.26 Å². The van der Waals surface area contributed by atoms with Crippen LogP contribution in [-0.2, 0) is 0 Å². The largest absolute Gasteiger partial charge is 0.460 e. The molecular formula is C30H19N3O. The Labute approximate surface area is 195 Å². The Bertz CT molecular complexity index is 1760. The van der Waals surface area contributed by atoms with Crippen molar-refractivity contribution in [2.24, 2.45) is 0 Å². The van der Waals surface area contributed by atoms with Crippen LogP contribution in [0.5, 0.6) is 0 Å². The van der Waals surface area contributed by atoms with E-state index in [1.165, 1.54) is 10.8 Å². The molecule has 0 aliphatic carbocycles. The van der Waals surface area contributed by atoms with Crippen molar-refractivity contribution in [1.29, 1.82) is 0 Å². The first-order chi connectivity index (χ1) is 16.9. The summed E-state index contributed by atoms with van der Waals surface area (Å²) in [6.45, 7) is 0. The third-order valence-electron chi connectivity index (χ3n) is 6.34. The molecular weight excluding hydrogens is 418 g/mol. The Hall–Kier alpha value is -4.70. The summed E-state index contributed by atoms with van der Waals surface area (Å²) < 4.78 is 8.05. The van der Waals surface area contributed by atoms with Gasteiger partial charge in [0, 0.05) is 22.4 Å². The fourth-order valence-electron chi connectivity index (χ4n) is 4.83. The van der Waals surface area contributed by atoms with Gasteiger partial charge in [-0.1, -0.05) is 91.0 Å². The average molecular weight is 438 g/mol. The van der Waals surface area contributed by atoms with Crippen LogP contribution in [0.1, 0.15) is 0 Å². The number of furan rings is 1. The number of fused-ring (bicyclic) bond motifs is 4. The van der Waals surface area contributed by atoms with Crippen molar-refractivity contribution in [2.45, 2.75) is 0 Å². The van der Waals surface area contributed by atoms with Crippen molar-refractivity contribution in [1.82, 2.24) is 14.5 Å². The number of benzene rings is 4. The summed E-state index contributed by atoms with van der Waals surface area (Å²) in [5.41, 5.74) is 7.66. The average Bonchev–Trinajstić information content (AvgIpc) is 3.51. The number of para-hydroxylation sites is 2. The molecule has 3 aromatic heterocycles. The van der Waals surface area contributed by atoms with Gasteiger partial charge in [-0.2, -0.15) is 0 Å². The minimum Gasteiger partial charge on any atom is -0.460 e. The summed E-state index contributed by atoms with van der Waals surface area (Å²) in [7, 11) is 0. The second kappa shape index (κ2) is 7.42. The van der Waals surface area contributed by atoms with E-state index >= 15 is 0 Å². The monoisotopic (exact) mass is 437 g/mol. The number of rotatable bonds is 3. The molecule has 0 saturated heterocycles. The number of nitrogens with zero attached hydrogens (tertiary/aromatic N) is 3. The van der Waals surface area contributed by atoms with Crippen LogP contribution in [0.25, 0.3) is 61.2 Å². The highest BCUT2D eigenvalue weighted by atomic mass is 16.3. The quantitative estimate of drug-likeness (QED) is 0.285. The number of hydrogen-bond acceptors (Lipinski definition) is 3. The van der Waals surface area contributed by atoms with Crippen LogP contribution in [0.15, 0.2) is 120 Å². The summed E-state index contributed by atoms with van der Waals surface area (Å²) in [4.78, 5) is 10.1. The standard InChI is InChI=1S/C30H19N3O/c1-2-10-20(11-3-1)21-12-4-5-15-24(21)28-29-25(18-19-34-29)31-30(32-28)33-26-16-8-6-13-22(26)23-14-7-9-17-27(23)33/h1-19H. The lowest BCUT2D eigenvalue weighted by molar-refractivity contribution is 0.614. The molecule has 7 rings (SSSR count). The molecule has 4 aromatic carbocycles. The maximum atomic E-state index is 5.91. The fourth-order valence-corrected chi connectivity index (χ4v) is 4.83. The zero-order valence-corrected chi connectivity index (χ0v) is 18.2. The highest BCUT2D eigenvalue weighted by Crippen LogP contribution is 2.37. The SMILES string of the molecule is c1ccc(-c2ccccc2-c2nc(-n3c4ccccc4c4ccccc43)nc3ccoc23)cc1. The van der Waals surface area contributed by atoms with Gasteiger partial charge in [0.1, 0.15) is 11.2 Å². The highest BCUT2D eigenvalue weighted by molar-refractivity contribution is 6.09. The van der Waals surface area contributed by atoms with Gasteiger partial charge in [0.2, 0.25) is 5.95 Å². The second-order valence-corrected chi connectivity index (χ2v) is 8.29. The summed E-state index contributed by atoms with van der Waals surface area (Å²) in [5.74, 6) is 0.629. The topological polar surface area (TPSA) is 43.9 Å². The van der Waals surface area contributed by atoms with Gasteiger partial charge in [-0.25, -0.2) is 9.97 Å². The van der Waals surface area contributed by atoms with E-state index in [9.17, 15) is 0 Å². The number of aromatic nitrogens is 3. The van der Waals surface area contributed by atoms with Crippen molar-refractivity contribution < 1.29 is 4.42 Å². The third kappa shape index (κ3) is 2.79. The molecule has 0 aliphatic heterocycles. The Kier molecular flexibility index (Phi) is 4.11. The molecule has 0 unspecified atom stereocenters. The summed E-state index contributed by atoms with van der Waals surface area (Å²) in [6.07, 6.45) is 1.68. The molecule has 0 N–H and O–H groups in total. The van der Waals surface area contributed by atoms with E-state index < -0.39 is 0 Å². The van der Waals surface area contributed by atoms with Crippen molar-refractivity contribution in [3.8, 4) is 28.3 Å². The second-order valence-electron chi connectivity index (χ2n) is 8.29. The highest BCUT2D eigenvalue weighted by Gasteiger charge is 2.19. The summed E-state index contributed by atoms with van der Waals surface area (Å²) in [6, 6.07) is 37.4. The van der Waals surface area contributed by atoms with E-state index in [0.29, 0.717) is 11.5 Å². The van der Waals surface area contributed by atoms with E-state index in [1.807, 2.05) is 18.2 Å². The predicted octanol–water partition coefficient (Wildman–Crippen LogP) is 7.65. The predicted molar refractivity (Wildman–Crippen MR) is 137 cm³/mol. The minimum absolute atomic E-state index is 0.629.